The minimum Gasteiger partial charge on any atom is -0.494 e. The number of nitrogens with zero attached hydrogens (tertiary/aromatic N) is 1. The predicted octanol–water partition coefficient (Wildman–Crippen LogP) is 1.07. The zero-order valence-electron chi connectivity index (χ0n) is 11.6. The number of ether oxygens (including phenoxy) is 1. The summed E-state index contributed by atoms with van der Waals surface area (Å²) in [5.41, 5.74) is 0.325. The van der Waals surface area contributed by atoms with Crippen molar-refractivity contribution in [3.05, 3.63) is 29.6 Å². The molecule has 1 aliphatic heterocycles. The topological polar surface area (TPSA) is 58.6 Å². The maximum atomic E-state index is 14.1. The zero-order valence-corrected chi connectivity index (χ0v) is 11.6. The van der Waals surface area contributed by atoms with Gasteiger partial charge in [-0.3, -0.25) is 9.59 Å². The number of hydrogen-bond acceptors (Lipinski definition) is 3. The van der Waals surface area contributed by atoms with Gasteiger partial charge in [-0.25, -0.2) is 4.39 Å². The molecule has 2 unspecified atom stereocenters. The average Bonchev–Trinajstić information content (AvgIpc) is 2.43. The lowest BCUT2D eigenvalue weighted by atomic mass is 10.1. The largest absolute Gasteiger partial charge is 0.494 e. The molecule has 2 amide bonds. The van der Waals surface area contributed by atoms with E-state index in [0.717, 1.165) is 0 Å². The molecule has 0 bridgehead atoms. The Bertz CT molecular complexity index is 547. The van der Waals surface area contributed by atoms with Crippen LogP contribution in [0.4, 0.5) is 4.39 Å². The number of carbonyl (C=O) groups excluding carboxylic acids is 2. The van der Waals surface area contributed by atoms with Gasteiger partial charge in [0.15, 0.2) is 11.6 Å². The number of amides is 2. The summed E-state index contributed by atoms with van der Waals surface area (Å²) in [7, 11) is 1.38. The van der Waals surface area contributed by atoms with Crippen molar-refractivity contribution in [3.63, 3.8) is 0 Å². The molecule has 2 rings (SSSR count). The first-order valence-corrected chi connectivity index (χ1v) is 6.38. The van der Waals surface area contributed by atoms with Crippen molar-refractivity contribution in [2.24, 2.45) is 0 Å². The van der Waals surface area contributed by atoms with Gasteiger partial charge in [0.25, 0.3) is 0 Å². The fraction of sp³-hybridized carbons (Fsp3) is 0.429. The van der Waals surface area contributed by atoms with Crippen LogP contribution >= 0.6 is 0 Å². The molecule has 0 saturated carbocycles. The molecule has 5 nitrogen and oxygen atoms in total. The van der Waals surface area contributed by atoms with Gasteiger partial charge in [-0.1, -0.05) is 12.1 Å². The van der Waals surface area contributed by atoms with E-state index in [9.17, 15) is 14.0 Å². The third-order valence-electron chi connectivity index (χ3n) is 3.46. The van der Waals surface area contributed by atoms with Gasteiger partial charge in [0, 0.05) is 12.1 Å². The first-order chi connectivity index (χ1) is 9.45. The van der Waals surface area contributed by atoms with Crippen LogP contribution in [0.5, 0.6) is 5.75 Å². The van der Waals surface area contributed by atoms with Crippen molar-refractivity contribution < 1.29 is 18.7 Å². The van der Waals surface area contributed by atoms with Crippen molar-refractivity contribution in [1.82, 2.24) is 10.2 Å². The summed E-state index contributed by atoms with van der Waals surface area (Å²) in [4.78, 5) is 25.2. The number of piperazine rings is 1. The summed E-state index contributed by atoms with van der Waals surface area (Å²) >= 11 is 0. The molecule has 0 radical (unpaired) electrons. The third kappa shape index (κ3) is 2.45. The van der Waals surface area contributed by atoms with E-state index in [-0.39, 0.29) is 24.1 Å². The van der Waals surface area contributed by atoms with Crippen LogP contribution < -0.4 is 10.1 Å². The van der Waals surface area contributed by atoms with Crippen molar-refractivity contribution in [2.75, 3.05) is 7.11 Å². The summed E-state index contributed by atoms with van der Waals surface area (Å²) in [5, 5.41) is 2.58. The van der Waals surface area contributed by atoms with E-state index in [1.165, 1.54) is 18.1 Å². The Morgan fingerprint density at radius 3 is 2.70 bits per heavy atom. The highest BCUT2D eigenvalue weighted by atomic mass is 19.1. The van der Waals surface area contributed by atoms with Crippen LogP contribution in [0.25, 0.3) is 0 Å². The van der Waals surface area contributed by atoms with E-state index < -0.39 is 17.9 Å². The Kier molecular flexibility index (Phi) is 3.92. The first kappa shape index (κ1) is 14.3. The minimum atomic E-state index is -0.621. The van der Waals surface area contributed by atoms with E-state index in [1.807, 2.05) is 0 Å². The second kappa shape index (κ2) is 5.48. The van der Waals surface area contributed by atoms with Crippen LogP contribution in [0.3, 0.4) is 0 Å². The number of carbonyl (C=O) groups is 2. The van der Waals surface area contributed by atoms with Crippen LogP contribution in [0.15, 0.2) is 18.2 Å². The number of rotatable bonds is 3. The van der Waals surface area contributed by atoms with Crippen LogP contribution in [0.1, 0.15) is 19.4 Å². The molecule has 1 heterocycles. The summed E-state index contributed by atoms with van der Waals surface area (Å²) < 4.78 is 19.0. The highest BCUT2D eigenvalue weighted by Crippen LogP contribution is 2.23. The summed E-state index contributed by atoms with van der Waals surface area (Å²) in [6.45, 7) is 3.28. The standard InChI is InChI=1S/C14H17FN2O3/c1-8-14(19)17(9(2)13(18)16-8)7-10-5-4-6-11(20-3)12(10)15/h4-6,8-9H,7H2,1-3H3,(H,16,18). The van der Waals surface area contributed by atoms with E-state index in [0.29, 0.717) is 5.56 Å². The first-order valence-electron chi connectivity index (χ1n) is 6.38. The Labute approximate surface area is 116 Å². The van der Waals surface area contributed by atoms with Crippen LogP contribution in [-0.4, -0.2) is 35.9 Å². The Morgan fingerprint density at radius 2 is 2.05 bits per heavy atom. The molecule has 2 atom stereocenters. The van der Waals surface area contributed by atoms with Crippen molar-refractivity contribution in [3.8, 4) is 5.75 Å². The molecule has 1 aromatic rings. The van der Waals surface area contributed by atoms with Crippen LogP contribution in [0.2, 0.25) is 0 Å². The number of hydrogen-bond donors (Lipinski definition) is 1. The van der Waals surface area contributed by atoms with Crippen molar-refractivity contribution >= 4 is 11.8 Å². The smallest absolute Gasteiger partial charge is 0.245 e. The maximum absolute atomic E-state index is 14.1. The average molecular weight is 280 g/mol. The van der Waals surface area contributed by atoms with Gasteiger partial charge in [-0.05, 0) is 19.9 Å². The minimum absolute atomic E-state index is 0.0425. The Morgan fingerprint density at radius 1 is 1.35 bits per heavy atom. The van der Waals surface area contributed by atoms with E-state index in [4.69, 9.17) is 4.74 Å². The molecule has 1 fully saturated rings. The fourth-order valence-electron chi connectivity index (χ4n) is 2.21. The second-order valence-corrected chi connectivity index (χ2v) is 4.81. The summed E-state index contributed by atoms with van der Waals surface area (Å²) in [6.07, 6.45) is 0. The molecule has 1 aromatic carbocycles. The molecule has 0 aromatic heterocycles. The van der Waals surface area contributed by atoms with Gasteiger partial charge in [0.2, 0.25) is 11.8 Å². The molecule has 1 N–H and O–H groups in total. The van der Waals surface area contributed by atoms with Gasteiger partial charge >= 0.3 is 0 Å². The predicted molar refractivity (Wildman–Crippen MR) is 70.6 cm³/mol. The number of methoxy groups -OCH3 is 1. The molecule has 108 valence electrons. The van der Waals surface area contributed by atoms with Crippen molar-refractivity contribution in [2.45, 2.75) is 32.5 Å². The Balaban J connectivity index is 2.28. The number of halogens is 1. The molecular formula is C14H17FN2O3. The van der Waals surface area contributed by atoms with Crippen molar-refractivity contribution in [1.29, 1.82) is 0 Å². The van der Waals surface area contributed by atoms with Gasteiger partial charge in [-0.15, -0.1) is 0 Å². The molecule has 0 aliphatic carbocycles. The van der Waals surface area contributed by atoms with Gasteiger partial charge < -0.3 is 15.0 Å². The fourth-order valence-corrected chi connectivity index (χ4v) is 2.21. The lowest BCUT2D eigenvalue weighted by molar-refractivity contribution is -0.148. The maximum Gasteiger partial charge on any atom is 0.245 e. The van der Waals surface area contributed by atoms with Crippen LogP contribution in [0, 0.1) is 5.82 Å². The normalized spacial score (nSPS) is 22.7. The molecule has 6 heteroatoms. The molecule has 1 aliphatic rings. The molecule has 0 spiro atoms. The summed E-state index contributed by atoms with van der Waals surface area (Å²) in [5.74, 6) is -0.842. The Hall–Kier alpha value is -2.11. The highest BCUT2D eigenvalue weighted by Gasteiger charge is 2.36. The zero-order chi connectivity index (χ0) is 14.9. The SMILES string of the molecule is COc1cccc(CN2C(=O)C(C)NC(=O)C2C)c1F. The van der Waals surface area contributed by atoms with Gasteiger partial charge in [0.1, 0.15) is 12.1 Å². The third-order valence-corrected chi connectivity index (χ3v) is 3.46. The lowest BCUT2D eigenvalue weighted by Crippen LogP contribution is -2.61. The second-order valence-electron chi connectivity index (χ2n) is 4.81. The highest BCUT2D eigenvalue weighted by molar-refractivity contribution is 5.96. The molecular weight excluding hydrogens is 263 g/mol. The molecule has 20 heavy (non-hydrogen) atoms. The molecule has 1 saturated heterocycles. The number of benzene rings is 1. The monoisotopic (exact) mass is 280 g/mol. The summed E-state index contributed by atoms with van der Waals surface area (Å²) in [6, 6.07) is 3.53. The van der Waals surface area contributed by atoms with E-state index >= 15 is 0 Å². The van der Waals surface area contributed by atoms with E-state index in [1.54, 1.807) is 26.0 Å². The lowest BCUT2D eigenvalue weighted by Gasteiger charge is -2.36. The van der Waals surface area contributed by atoms with Crippen LogP contribution in [-0.2, 0) is 16.1 Å². The quantitative estimate of drug-likeness (QED) is 0.901. The van der Waals surface area contributed by atoms with Gasteiger partial charge in [0.05, 0.1) is 7.11 Å². The van der Waals surface area contributed by atoms with E-state index in [2.05, 4.69) is 5.32 Å². The number of nitrogens with one attached hydrogen (secondary N) is 1. The van der Waals surface area contributed by atoms with Gasteiger partial charge in [-0.2, -0.15) is 0 Å².